The molecule has 1 aliphatic heterocycles. The van der Waals surface area contributed by atoms with Gasteiger partial charge in [0.25, 0.3) is 0 Å². The highest BCUT2D eigenvalue weighted by Crippen LogP contribution is 2.19. The zero-order chi connectivity index (χ0) is 15.3. The van der Waals surface area contributed by atoms with Gasteiger partial charge in [-0.15, -0.1) is 0 Å². The van der Waals surface area contributed by atoms with E-state index in [0.717, 1.165) is 38.0 Å². The predicted octanol–water partition coefficient (Wildman–Crippen LogP) is 1.80. The average Bonchev–Trinajstić information content (AvgIpc) is 2.99. The Hall–Kier alpha value is -0.950. The first-order valence-electron chi connectivity index (χ1n) is 7.46. The molecule has 0 amide bonds. The van der Waals surface area contributed by atoms with Crippen molar-refractivity contribution in [1.82, 2.24) is 4.72 Å². The van der Waals surface area contributed by atoms with Gasteiger partial charge < -0.3 is 10.5 Å². The summed E-state index contributed by atoms with van der Waals surface area (Å²) < 4.78 is 32.5. The fourth-order valence-electron chi connectivity index (χ4n) is 2.44. The molecular weight excluding hydrogens is 288 g/mol. The lowest BCUT2D eigenvalue weighted by Gasteiger charge is -2.13. The second kappa shape index (κ2) is 7.35. The third-order valence-electron chi connectivity index (χ3n) is 3.91. The average molecular weight is 312 g/mol. The molecule has 0 aromatic heterocycles. The van der Waals surface area contributed by atoms with E-state index in [-0.39, 0.29) is 10.9 Å². The zero-order valence-electron chi connectivity index (χ0n) is 12.4. The minimum Gasteiger partial charge on any atom is -0.381 e. The summed E-state index contributed by atoms with van der Waals surface area (Å²) >= 11 is 0. The van der Waals surface area contributed by atoms with Crippen molar-refractivity contribution in [3.8, 4) is 0 Å². The molecule has 0 radical (unpaired) electrons. The monoisotopic (exact) mass is 312 g/mol. The first kappa shape index (κ1) is 16.4. The number of rotatable bonds is 7. The summed E-state index contributed by atoms with van der Waals surface area (Å²) in [4.78, 5) is 0.284. The lowest BCUT2D eigenvalue weighted by atomic mass is 10.1. The van der Waals surface area contributed by atoms with E-state index in [4.69, 9.17) is 10.5 Å². The molecule has 0 bridgehead atoms. The number of nitrogens with two attached hydrogens (primary N) is 1. The Morgan fingerprint density at radius 1 is 1.48 bits per heavy atom. The molecule has 1 aromatic rings. The van der Waals surface area contributed by atoms with E-state index < -0.39 is 10.0 Å². The van der Waals surface area contributed by atoms with E-state index in [2.05, 4.69) is 4.72 Å². The lowest BCUT2D eigenvalue weighted by Crippen LogP contribution is -2.26. The molecule has 2 unspecified atom stereocenters. The summed E-state index contributed by atoms with van der Waals surface area (Å²) in [7, 11) is -3.46. The molecule has 1 fully saturated rings. The SMILES string of the molecule is CCC(N)c1cccc(S(=O)(=O)NCCC2CCOC2)c1. The summed E-state index contributed by atoms with van der Waals surface area (Å²) in [6.07, 6.45) is 2.61. The van der Waals surface area contributed by atoms with Gasteiger partial charge in [0, 0.05) is 25.8 Å². The van der Waals surface area contributed by atoms with Crippen LogP contribution in [0.15, 0.2) is 29.2 Å². The molecule has 0 spiro atoms. The maximum absolute atomic E-state index is 12.3. The predicted molar refractivity (Wildman–Crippen MR) is 82.4 cm³/mol. The Labute approximate surface area is 126 Å². The number of sulfonamides is 1. The number of hydrogen-bond acceptors (Lipinski definition) is 4. The molecule has 6 heteroatoms. The summed E-state index contributed by atoms with van der Waals surface area (Å²) in [5, 5.41) is 0. The van der Waals surface area contributed by atoms with Crippen molar-refractivity contribution < 1.29 is 13.2 Å². The highest BCUT2D eigenvalue weighted by molar-refractivity contribution is 7.89. The van der Waals surface area contributed by atoms with Gasteiger partial charge in [-0.2, -0.15) is 0 Å². The van der Waals surface area contributed by atoms with E-state index >= 15 is 0 Å². The zero-order valence-corrected chi connectivity index (χ0v) is 13.2. The summed E-state index contributed by atoms with van der Waals surface area (Å²) in [6.45, 7) is 3.95. The maximum atomic E-state index is 12.3. The Kier molecular flexibility index (Phi) is 5.75. The van der Waals surface area contributed by atoms with Crippen LogP contribution in [0, 0.1) is 5.92 Å². The molecule has 1 aliphatic rings. The largest absolute Gasteiger partial charge is 0.381 e. The van der Waals surface area contributed by atoms with Crippen molar-refractivity contribution in [2.45, 2.75) is 37.1 Å². The lowest BCUT2D eigenvalue weighted by molar-refractivity contribution is 0.184. The maximum Gasteiger partial charge on any atom is 0.240 e. The van der Waals surface area contributed by atoms with Crippen molar-refractivity contribution in [3.63, 3.8) is 0 Å². The molecule has 2 atom stereocenters. The molecule has 118 valence electrons. The first-order chi connectivity index (χ1) is 10.0. The van der Waals surface area contributed by atoms with Gasteiger partial charge >= 0.3 is 0 Å². The minimum absolute atomic E-state index is 0.129. The Balaban J connectivity index is 1.98. The number of nitrogens with one attached hydrogen (secondary N) is 1. The topological polar surface area (TPSA) is 81.4 Å². The van der Waals surface area contributed by atoms with Crippen molar-refractivity contribution in [2.24, 2.45) is 11.7 Å². The van der Waals surface area contributed by atoms with Crippen LogP contribution < -0.4 is 10.5 Å². The van der Waals surface area contributed by atoms with Gasteiger partial charge in [0.15, 0.2) is 0 Å². The van der Waals surface area contributed by atoms with Crippen LogP contribution in [-0.4, -0.2) is 28.2 Å². The van der Waals surface area contributed by atoms with Gasteiger partial charge in [0.1, 0.15) is 0 Å². The Morgan fingerprint density at radius 2 is 2.29 bits per heavy atom. The molecule has 0 saturated carbocycles. The first-order valence-corrected chi connectivity index (χ1v) is 8.94. The molecule has 21 heavy (non-hydrogen) atoms. The molecule has 1 aromatic carbocycles. The van der Waals surface area contributed by atoms with E-state index in [0.29, 0.717) is 12.5 Å². The quantitative estimate of drug-likeness (QED) is 0.804. The fraction of sp³-hybridized carbons (Fsp3) is 0.600. The number of ether oxygens (including phenoxy) is 1. The van der Waals surface area contributed by atoms with Gasteiger partial charge in [0.2, 0.25) is 10.0 Å². The molecular formula is C15H24N2O3S. The van der Waals surface area contributed by atoms with Crippen LogP contribution in [0.25, 0.3) is 0 Å². The molecule has 1 heterocycles. The van der Waals surface area contributed by atoms with Crippen LogP contribution in [0.2, 0.25) is 0 Å². The van der Waals surface area contributed by atoms with E-state index in [1.165, 1.54) is 0 Å². The molecule has 3 N–H and O–H groups in total. The van der Waals surface area contributed by atoms with Gasteiger partial charge in [-0.1, -0.05) is 19.1 Å². The van der Waals surface area contributed by atoms with Crippen LogP contribution in [0.1, 0.15) is 37.8 Å². The van der Waals surface area contributed by atoms with Crippen LogP contribution in [0.4, 0.5) is 0 Å². The molecule has 2 rings (SSSR count). The minimum atomic E-state index is -3.46. The summed E-state index contributed by atoms with van der Waals surface area (Å²) in [5.41, 5.74) is 6.81. The number of benzene rings is 1. The molecule has 1 saturated heterocycles. The van der Waals surface area contributed by atoms with Crippen molar-refractivity contribution >= 4 is 10.0 Å². The number of hydrogen-bond donors (Lipinski definition) is 2. The Bertz CT molecular complexity index is 554. The second-order valence-corrected chi connectivity index (χ2v) is 7.27. The molecule has 5 nitrogen and oxygen atoms in total. The summed E-state index contributed by atoms with van der Waals surface area (Å²) in [5.74, 6) is 0.465. The van der Waals surface area contributed by atoms with Crippen molar-refractivity contribution in [2.75, 3.05) is 19.8 Å². The van der Waals surface area contributed by atoms with Gasteiger partial charge in [0.05, 0.1) is 4.90 Å². The van der Waals surface area contributed by atoms with Crippen LogP contribution in [0.5, 0.6) is 0 Å². The fourth-order valence-corrected chi connectivity index (χ4v) is 3.54. The van der Waals surface area contributed by atoms with E-state index in [9.17, 15) is 8.42 Å². The third kappa shape index (κ3) is 4.51. The van der Waals surface area contributed by atoms with Crippen LogP contribution in [-0.2, 0) is 14.8 Å². The highest BCUT2D eigenvalue weighted by atomic mass is 32.2. The highest BCUT2D eigenvalue weighted by Gasteiger charge is 2.18. The second-order valence-electron chi connectivity index (χ2n) is 5.50. The van der Waals surface area contributed by atoms with Crippen molar-refractivity contribution in [1.29, 1.82) is 0 Å². The Morgan fingerprint density at radius 3 is 2.95 bits per heavy atom. The third-order valence-corrected chi connectivity index (χ3v) is 5.36. The van der Waals surface area contributed by atoms with Crippen LogP contribution in [0.3, 0.4) is 0 Å². The van der Waals surface area contributed by atoms with E-state index in [1.807, 2.05) is 13.0 Å². The van der Waals surface area contributed by atoms with E-state index in [1.54, 1.807) is 18.2 Å². The van der Waals surface area contributed by atoms with Crippen LogP contribution >= 0.6 is 0 Å². The molecule has 0 aliphatic carbocycles. The normalized spacial score (nSPS) is 20.6. The van der Waals surface area contributed by atoms with Crippen molar-refractivity contribution in [3.05, 3.63) is 29.8 Å². The smallest absolute Gasteiger partial charge is 0.240 e. The standard InChI is InChI=1S/C15H24N2O3S/c1-2-15(16)13-4-3-5-14(10-13)21(18,19)17-8-6-12-7-9-20-11-12/h3-5,10,12,15,17H,2,6-9,11,16H2,1H3. The van der Waals surface area contributed by atoms with Gasteiger partial charge in [-0.25, -0.2) is 13.1 Å². The van der Waals surface area contributed by atoms with Gasteiger partial charge in [-0.3, -0.25) is 0 Å². The summed E-state index contributed by atoms with van der Waals surface area (Å²) in [6, 6.07) is 6.74. The van der Waals surface area contributed by atoms with Gasteiger partial charge in [-0.05, 0) is 42.9 Å².